The first-order chi connectivity index (χ1) is 18.0. The third kappa shape index (κ3) is 8.23. The molecule has 198 valence electrons. The standard InChI is InChI=1S/C25H20ClF3N4O5/c1-37-20-8-6-18(7-9-20)32-23(35)24(36)33-30-13-15-11-17(26)5-10-21(15)38-14-22(34)31-19-4-2-3-16(12-19)25(27,28)29/h2-13H,14H2,1H3,(H,31,34)(H,32,35)(H,33,36)/b30-13-. The van der Waals surface area contributed by atoms with Crippen LogP contribution in [0.3, 0.4) is 0 Å². The molecule has 38 heavy (non-hydrogen) atoms. The predicted octanol–water partition coefficient (Wildman–Crippen LogP) is 4.47. The molecule has 0 atom stereocenters. The van der Waals surface area contributed by atoms with E-state index in [9.17, 15) is 27.6 Å². The lowest BCUT2D eigenvalue weighted by Gasteiger charge is -2.11. The fourth-order valence-electron chi connectivity index (χ4n) is 2.94. The Morgan fingerprint density at radius 3 is 2.37 bits per heavy atom. The van der Waals surface area contributed by atoms with Crippen molar-refractivity contribution in [2.45, 2.75) is 6.18 Å². The zero-order valence-electron chi connectivity index (χ0n) is 19.6. The van der Waals surface area contributed by atoms with E-state index in [4.69, 9.17) is 21.1 Å². The summed E-state index contributed by atoms with van der Waals surface area (Å²) in [4.78, 5) is 36.3. The number of ether oxygens (including phenoxy) is 2. The smallest absolute Gasteiger partial charge is 0.416 e. The molecule has 0 spiro atoms. The van der Waals surface area contributed by atoms with Crippen molar-refractivity contribution in [2.75, 3.05) is 24.4 Å². The first-order valence-electron chi connectivity index (χ1n) is 10.7. The SMILES string of the molecule is COc1ccc(NC(=O)C(=O)N/N=C\c2cc(Cl)ccc2OCC(=O)Nc2cccc(C(F)(F)F)c2)cc1. The minimum atomic E-state index is -4.56. The highest BCUT2D eigenvalue weighted by molar-refractivity contribution is 6.39. The lowest BCUT2D eigenvalue weighted by molar-refractivity contribution is -0.137. The van der Waals surface area contributed by atoms with Crippen LogP contribution in [0.5, 0.6) is 11.5 Å². The van der Waals surface area contributed by atoms with Gasteiger partial charge in [-0.25, -0.2) is 5.43 Å². The lowest BCUT2D eigenvalue weighted by atomic mass is 10.2. The maximum absolute atomic E-state index is 12.9. The summed E-state index contributed by atoms with van der Waals surface area (Å²) < 4.78 is 49.0. The van der Waals surface area contributed by atoms with Crippen LogP contribution in [0.15, 0.2) is 71.8 Å². The van der Waals surface area contributed by atoms with Crippen molar-refractivity contribution < 1.29 is 37.0 Å². The highest BCUT2D eigenvalue weighted by Crippen LogP contribution is 2.30. The monoisotopic (exact) mass is 548 g/mol. The van der Waals surface area contributed by atoms with Crippen molar-refractivity contribution >= 4 is 46.9 Å². The van der Waals surface area contributed by atoms with Crippen LogP contribution in [-0.4, -0.2) is 37.7 Å². The number of halogens is 4. The van der Waals surface area contributed by atoms with E-state index in [1.54, 1.807) is 24.3 Å². The van der Waals surface area contributed by atoms with Gasteiger partial charge in [-0.1, -0.05) is 17.7 Å². The quantitative estimate of drug-likeness (QED) is 0.218. The summed E-state index contributed by atoms with van der Waals surface area (Å²) in [5, 5.41) is 8.71. The number of rotatable bonds is 8. The van der Waals surface area contributed by atoms with Gasteiger partial charge < -0.3 is 20.1 Å². The number of carbonyl (C=O) groups excluding carboxylic acids is 3. The molecule has 0 heterocycles. The Kier molecular flexibility index (Phi) is 9.28. The predicted molar refractivity (Wildman–Crippen MR) is 134 cm³/mol. The average Bonchev–Trinajstić information content (AvgIpc) is 2.88. The van der Waals surface area contributed by atoms with Gasteiger partial charge in [-0.05, 0) is 60.7 Å². The van der Waals surface area contributed by atoms with Gasteiger partial charge in [0.15, 0.2) is 6.61 Å². The molecule has 3 rings (SSSR count). The number of alkyl halides is 3. The van der Waals surface area contributed by atoms with Crippen LogP contribution in [0, 0.1) is 0 Å². The number of hydrogen-bond acceptors (Lipinski definition) is 6. The molecule has 3 N–H and O–H groups in total. The lowest BCUT2D eigenvalue weighted by Crippen LogP contribution is -2.32. The Balaban J connectivity index is 1.57. The van der Waals surface area contributed by atoms with E-state index in [0.29, 0.717) is 11.4 Å². The van der Waals surface area contributed by atoms with Crippen molar-refractivity contribution in [1.82, 2.24) is 5.43 Å². The number of nitrogens with one attached hydrogen (secondary N) is 3. The minimum absolute atomic E-state index is 0.0538. The molecule has 0 aliphatic heterocycles. The zero-order chi connectivity index (χ0) is 27.7. The molecule has 0 radical (unpaired) electrons. The van der Waals surface area contributed by atoms with Gasteiger partial charge >= 0.3 is 18.0 Å². The summed E-state index contributed by atoms with van der Waals surface area (Å²) in [5.41, 5.74) is 1.71. The molecular weight excluding hydrogens is 529 g/mol. The van der Waals surface area contributed by atoms with Gasteiger partial charge in [-0.2, -0.15) is 18.3 Å². The van der Waals surface area contributed by atoms with E-state index in [2.05, 4.69) is 21.2 Å². The molecule has 9 nitrogen and oxygen atoms in total. The Labute approximate surface area is 219 Å². The zero-order valence-corrected chi connectivity index (χ0v) is 20.4. The van der Waals surface area contributed by atoms with Crippen molar-refractivity contribution in [3.63, 3.8) is 0 Å². The van der Waals surface area contributed by atoms with E-state index in [1.165, 1.54) is 37.4 Å². The number of nitrogens with zero attached hydrogens (tertiary/aromatic N) is 1. The highest BCUT2D eigenvalue weighted by atomic mass is 35.5. The summed E-state index contributed by atoms with van der Waals surface area (Å²) in [7, 11) is 1.49. The number of benzene rings is 3. The minimum Gasteiger partial charge on any atom is -0.497 e. The van der Waals surface area contributed by atoms with Crippen molar-refractivity contribution in [3.05, 3.63) is 82.9 Å². The largest absolute Gasteiger partial charge is 0.497 e. The van der Waals surface area contributed by atoms with Crippen LogP contribution in [0.1, 0.15) is 11.1 Å². The summed E-state index contributed by atoms with van der Waals surface area (Å²) in [6.07, 6.45) is -3.41. The van der Waals surface area contributed by atoms with E-state index in [-0.39, 0.29) is 22.0 Å². The van der Waals surface area contributed by atoms with Crippen molar-refractivity contribution in [1.29, 1.82) is 0 Å². The normalized spacial score (nSPS) is 11.1. The van der Waals surface area contributed by atoms with Crippen LogP contribution in [0.25, 0.3) is 0 Å². The molecular formula is C25H20ClF3N4O5. The van der Waals surface area contributed by atoms with E-state index < -0.39 is 36.1 Å². The van der Waals surface area contributed by atoms with Gasteiger partial charge in [0, 0.05) is 22.0 Å². The maximum atomic E-state index is 12.9. The number of hydrogen-bond donors (Lipinski definition) is 3. The molecule has 3 aromatic rings. The van der Waals surface area contributed by atoms with Crippen LogP contribution in [0.4, 0.5) is 24.5 Å². The first-order valence-corrected chi connectivity index (χ1v) is 11.1. The second kappa shape index (κ2) is 12.6. The molecule has 3 aromatic carbocycles. The van der Waals surface area contributed by atoms with E-state index in [0.717, 1.165) is 18.3 Å². The fraction of sp³-hybridized carbons (Fsp3) is 0.120. The van der Waals surface area contributed by atoms with Crippen LogP contribution < -0.4 is 25.5 Å². The molecule has 0 aliphatic carbocycles. The van der Waals surface area contributed by atoms with Gasteiger partial charge in [0.05, 0.1) is 18.9 Å². The third-order valence-corrected chi connectivity index (χ3v) is 4.96. The number of hydrazone groups is 1. The van der Waals surface area contributed by atoms with Gasteiger partial charge in [0.1, 0.15) is 11.5 Å². The molecule has 13 heteroatoms. The number of amides is 3. The Bertz CT molecular complexity index is 1350. The summed E-state index contributed by atoms with van der Waals surface area (Å²) in [6, 6.07) is 14.8. The van der Waals surface area contributed by atoms with Gasteiger partial charge in [0.25, 0.3) is 5.91 Å². The molecule has 0 aromatic heterocycles. The third-order valence-electron chi connectivity index (χ3n) is 4.73. The summed E-state index contributed by atoms with van der Waals surface area (Å²) in [6.45, 7) is -0.546. The molecule has 0 saturated heterocycles. The average molecular weight is 549 g/mol. The Hall–Kier alpha value is -4.58. The number of carbonyl (C=O) groups is 3. The van der Waals surface area contributed by atoms with Crippen LogP contribution >= 0.6 is 11.6 Å². The van der Waals surface area contributed by atoms with Crippen molar-refractivity contribution in [2.24, 2.45) is 5.10 Å². The molecule has 0 bridgehead atoms. The summed E-state index contributed by atoms with van der Waals surface area (Å²) in [5.74, 6) is -2.03. The van der Waals surface area contributed by atoms with Gasteiger partial charge in [-0.3, -0.25) is 14.4 Å². The maximum Gasteiger partial charge on any atom is 0.416 e. The Morgan fingerprint density at radius 1 is 0.947 bits per heavy atom. The Morgan fingerprint density at radius 2 is 1.68 bits per heavy atom. The van der Waals surface area contributed by atoms with Crippen molar-refractivity contribution in [3.8, 4) is 11.5 Å². The number of methoxy groups -OCH3 is 1. The fourth-order valence-corrected chi connectivity index (χ4v) is 3.12. The molecule has 0 unspecified atom stereocenters. The van der Waals surface area contributed by atoms with E-state index in [1.807, 2.05) is 0 Å². The molecule has 3 amide bonds. The van der Waals surface area contributed by atoms with Crippen LogP contribution in [-0.2, 0) is 20.6 Å². The van der Waals surface area contributed by atoms with Crippen LogP contribution in [0.2, 0.25) is 5.02 Å². The topological polar surface area (TPSA) is 118 Å². The van der Waals surface area contributed by atoms with E-state index >= 15 is 0 Å². The highest BCUT2D eigenvalue weighted by Gasteiger charge is 2.30. The number of anilines is 2. The molecule has 0 saturated carbocycles. The molecule has 0 aliphatic rings. The second-order valence-electron chi connectivity index (χ2n) is 7.48. The summed E-state index contributed by atoms with van der Waals surface area (Å²) >= 11 is 5.99. The molecule has 0 fully saturated rings. The van der Waals surface area contributed by atoms with Gasteiger partial charge in [0.2, 0.25) is 0 Å². The second-order valence-corrected chi connectivity index (χ2v) is 7.92. The first kappa shape index (κ1) is 28.0. The van der Waals surface area contributed by atoms with Gasteiger partial charge in [-0.15, -0.1) is 0 Å².